The molecule has 2 heteroatoms. The average molecular weight is 205 g/mol. The van der Waals surface area contributed by atoms with Crippen LogP contribution in [0.1, 0.15) is 24.5 Å². The van der Waals surface area contributed by atoms with Crippen LogP contribution in [0, 0.1) is 6.92 Å². The molecule has 1 N–H and O–H groups in total. The van der Waals surface area contributed by atoms with Crippen LogP contribution in [0.3, 0.4) is 0 Å². The highest BCUT2D eigenvalue weighted by Crippen LogP contribution is 2.29. The molecule has 0 fully saturated rings. The van der Waals surface area contributed by atoms with Gasteiger partial charge in [-0.15, -0.1) is 0 Å². The third kappa shape index (κ3) is 2.51. The Labute approximate surface area is 91.6 Å². The molecule has 2 rings (SSSR count). The first-order valence-electron chi connectivity index (χ1n) is 5.76. The van der Waals surface area contributed by atoms with Crippen molar-refractivity contribution in [3.8, 4) is 5.75 Å². The molecule has 0 aliphatic carbocycles. The van der Waals surface area contributed by atoms with Gasteiger partial charge in [-0.3, -0.25) is 0 Å². The minimum Gasteiger partial charge on any atom is -0.488 e. The van der Waals surface area contributed by atoms with Crippen LogP contribution >= 0.6 is 0 Å². The predicted molar refractivity (Wildman–Crippen MR) is 62.5 cm³/mol. The van der Waals surface area contributed by atoms with E-state index in [0.29, 0.717) is 6.10 Å². The Kier molecular flexibility index (Phi) is 3.27. The summed E-state index contributed by atoms with van der Waals surface area (Å²) in [5, 5.41) is 3.40. The van der Waals surface area contributed by atoms with E-state index in [1.54, 1.807) is 0 Å². The van der Waals surface area contributed by atoms with Crippen molar-refractivity contribution in [1.82, 2.24) is 5.32 Å². The number of hydrogen-bond donors (Lipinski definition) is 1. The van der Waals surface area contributed by atoms with E-state index in [2.05, 4.69) is 37.4 Å². The first-order valence-corrected chi connectivity index (χ1v) is 5.76. The highest BCUT2D eigenvalue weighted by Gasteiger charge is 2.21. The monoisotopic (exact) mass is 205 g/mol. The normalized spacial score (nSPS) is 18.7. The zero-order valence-electron chi connectivity index (χ0n) is 9.55. The van der Waals surface area contributed by atoms with E-state index >= 15 is 0 Å². The average Bonchev–Trinajstić information content (AvgIpc) is 2.60. The van der Waals surface area contributed by atoms with Crippen LogP contribution in [0.25, 0.3) is 0 Å². The number of hydrogen-bond acceptors (Lipinski definition) is 2. The summed E-state index contributed by atoms with van der Waals surface area (Å²) in [4.78, 5) is 0. The van der Waals surface area contributed by atoms with Gasteiger partial charge in [-0.25, -0.2) is 0 Å². The van der Waals surface area contributed by atoms with Crippen molar-refractivity contribution in [3.05, 3.63) is 29.3 Å². The maximum Gasteiger partial charge on any atom is 0.123 e. The molecule has 1 aliphatic rings. The Morgan fingerprint density at radius 1 is 1.47 bits per heavy atom. The molecule has 0 radical (unpaired) electrons. The molecule has 1 aromatic rings. The summed E-state index contributed by atoms with van der Waals surface area (Å²) in [6.45, 7) is 6.35. The molecule has 1 unspecified atom stereocenters. The van der Waals surface area contributed by atoms with E-state index in [0.717, 1.165) is 25.3 Å². The first-order chi connectivity index (χ1) is 7.29. The van der Waals surface area contributed by atoms with E-state index in [1.807, 2.05) is 0 Å². The van der Waals surface area contributed by atoms with Gasteiger partial charge >= 0.3 is 0 Å². The van der Waals surface area contributed by atoms with Crippen LogP contribution in [0.5, 0.6) is 5.75 Å². The lowest BCUT2D eigenvalue weighted by Gasteiger charge is -2.10. The number of fused-ring (bicyclic) bond motifs is 1. The second kappa shape index (κ2) is 4.67. The zero-order valence-corrected chi connectivity index (χ0v) is 9.55. The summed E-state index contributed by atoms with van der Waals surface area (Å²) in [6.07, 6.45) is 2.56. The molecule has 0 spiro atoms. The zero-order chi connectivity index (χ0) is 10.7. The lowest BCUT2D eigenvalue weighted by Crippen LogP contribution is -2.30. The minimum absolute atomic E-state index is 0.327. The van der Waals surface area contributed by atoms with Crippen LogP contribution < -0.4 is 10.1 Å². The maximum absolute atomic E-state index is 5.85. The Balaban J connectivity index is 1.91. The van der Waals surface area contributed by atoms with Gasteiger partial charge in [0.2, 0.25) is 0 Å². The summed E-state index contributed by atoms with van der Waals surface area (Å²) in [6, 6.07) is 6.43. The first kappa shape index (κ1) is 10.5. The fourth-order valence-electron chi connectivity index (χ4n) is 2.00. The SMILES string of the molecule is CCCNCC1Cc2cc(C)ccc2O1. The van der Waals surface area contributed by atoms with Crippen LogP contribution in [-0.2, 0) is 6.42 Å². The molecular weight excluding hydrogens is 186 g/mol. The Morgan fingerprint density at radius 3 is 3.13 bits per heavy atom. The summed E-state index contributed by atoms with van der Waals surface area (Å²) < 4.78 is 5.85. The fourth-order valence-corrected chi connectivity index (χ4v) is 2.00. The summed E-state index contributed by atoms with van der Waals surface area (Å²) in [5.74, 6) is 1.07. The molecule has 0 aromatic heterocycles. The second-order valence-corrected chi connectivity index (χ2v) is 4.26. The van der Waals surface area contributed by atoms with Crippen molar-refractivity contribution in [3.63, 3.8) is 0 Å². The second-order valence-electron chi connectivity index (χ2n) is 4.26. The minimum atomic E-state index is 0.327. The van der Waals surface area contributed by atoms with Crippen molar-refractivity contribution in [2.24, 2.45) is 0 Å². The number of nitrogens with one attached hydrogen (secondary N) is 1. The molecule has 0 saturated heterocycles. The van der Waals surface area contributed by atoms with Crippen molar-refractivity contribution in [2.45, 2.75) is 32.8 Å². The van der Waals surface area contributed by atoms with Gasteiger partial charge in [-0.1, -0.05) is 24.6 Å². The van der Waals surface area contributed by atoms with Crippen molar-refractivity contribution in [2.75, 3.05) is 13.1 Å². The van der Waals surface area contributed by atoms with Gasteiger partial charge in [0.05, 0.1) is 0 Å². The third-order valence-electron chi connectivity index (χ3n) is 2.76. The van der Waals surface area contributed by atoms with Gasteiger partial charge in [0.15, 0.2) is 0 Å². The lowest BCUT2D eigenvalue weighted by atomic mass is 10.1. The van der Waals surface area contributed by atoms with Crippen LogP contribution in [0.15, 0.2) is 18.2 Å². The van der Waals surface area contributed by atoms with Crippen LogP contribution in [-0.4, -0.2) is 19.2 Å². The van der Waals surface area contributed by atoms with E-state index in [9.17, 15) is 0 Å². The number of benzene rings is 1. The van der Waals surface area contributed by atoms with Crippen molar-refractivity contribution < 1.29 is 4.74 Å². The molecule has 15 heavy (non-hydrogen) atoms. The smallest absolute Gasteiger partial charge is 0.123 e. The van der Waals surface area contributed by atoms with Crippen molar-refractivity contribution in [1.29, 1.82) is 0 Å². The van der Waals surface area contributed by atoms with Gasteiger partial charge < -0.3 is 10.1 Å². The van der Waals surface area contributed by atoms with Gasteiger partial charge in [-0.05, 0) is 31.5 Å². The Morgan fingerprint density at radius 2 is 2.33 bits per heavy atom. The molecular formula is C13H19NO. The van der Waals surface area contributed by atoms with E-state index in [1.165, 1.54) is 17.5 Å². The highest BCUT2D eigenvalue weighted by atomic mass is 16.5. The van der Waals surface area contributed by atoms with E-state index in [-0.39, 0.29) is 0 Å². The molecule has 0 amide bonds. The molecule has 1 aliphatic heterocycles. The summed E-state index contributed by atoms with van der Waals surface area (Å²) in [5.41, 5.74) is 2.68. The third-order valence-corrected chi connectivity index (χ3v) is 2.76. The Bertz CT molecular complexity index is 335. The molecule has 2 nitrogen and oxygen atoms in total. The summed E-state index contributed by atoms with van der Waals surface area (Å²) in [7, 11) is 0. The number of aryl methyl sites for hydroxylation is 1. The van der Waals surface area contributed by atoms with Gasteiger partial charge in [0.1, 0.15) is 11.9 Å². The van der Waals surface area contributed by atoms with Gasteiger partial charge in [0, 0.05) is 13.0 Å². The fraction of sp³-hybridized carbons (Fsp3) is 0.538. The Hall–Kier alpha value is -1.02. The molecule has 1 aromatic carbocycles. The molecule has 1 heterocycles. The van der Waals surface area contributed by atoms with Gasteiger partial charge in [-0.2, -0.15) is 0 Å². The quantitative estimate of drug-likeness (QED) is 0.762. The molecule has 1 atom stereocenters. The van der Waals surface area contributed by atoms with Crippen molar-refractivity contribution >= 4 is 0 Å². The van der Waals surface area contributed by atoms with Gasteiger partial charge in [0.25, 0.3) is 0 Å². The largest absolute Gasteiger partial charge is 0.488 e. The molecule has 0 saturated carbocycles. The number of ether oxygens (including phenoxy) is 1. The number of rotatable bonds is 4. The molecule has 82 valence electrons. The standard InChI is InChI=1S/C13H19NO/c1-3-6-14-9-12-8-11-7-10(2)4-5-13(11)15-12/h4-5,7,12,14H,3,6,8-9H2,1-2H3. The van der Waals surface area contributed by atoms with Crippen LogP contribution in [0.2, 0.25) is 0 Å². The lowest BCUT2D eigenvalue weighted by molar-refractivity contribution is 0.228. The van der Waals surface area contributed by atoms with Crippen LogP contribution in [0.4, 0.5) is 0 Å². The molecule has 0 bridgehead atoms. The summed E-state index contributed by atoms with van der Waals surface area (Å²) >= 11 is 0. The van der Waals surface area contributed by atoms with E-state index < -0.39 is 0 Å². The maximum atomic E-state index is 5.85. The highest BCUT2D eigenvalue weighted by molar-refractivity contribution is 5.40. The topological polar surface area (TPSA) is 21.3 Å². The van der Waals surface area contributed by atoms with E-state index in [4.69, 9.17) is 4.74 Å². The predicted octanol–water partition coefficient (Wildman–Crippen LogP) is 2.30.